The van der Waals surface area contributed by atoms with E-state index in [1.54, 1.807) is 0 Å². The second-order valence-electron chi connectivity index (χ2n) is 13.9. The van der Waals surface area contributed by atoms with Crippen LogP contribution in [-0.4, -0.2) is 15.0 Å². The van der Waals surface area contributed by atoms with E-state index in [0.717, 1.165) is 83.3 Å². The summed E-state index contributed by atoms with van der Waals surface area (Å²) in [6, 6.07) is 50.4. The van der Waals surface area contributed by atoms with Crippen molar-refractivity contribution in [2.24, 2.45) is 0 Å². The van der Waals surface area contributed by atoms with E-state index in [2.05, 4.69) is 127 Å². The first-order valence-corrected chi connectivity index (χ1v) is 18.3. The number of para-hydroxylation sites is 3. The molecule has 10 aromatic rings. The van der Waals surface area contributed by atoms with Gasteiger partial charge in [0.05, 0.1) is 5.56 Å². The Balaban J connectivity index is 1.16. The van der Waals surface area contributed by atoms with Crippen LogP contribution in [0.2, 0.25) is 0 Å². The summed E-state index contributed by atoms with van der Waals surface area (Å²) in [5, 5.41) is 6.35. The molecule has 0 N–H and O–H groups in total. The molecule has 1 aliphatic rings. The number of furan rings is 2. The lowest BCUT2D eigenvalue weighted by atomic mass is 9.90. The predicted octanol–water partition coefficient (Wildman–Crippen LogP) is 13.1. The Labute approximate surface area is 310 Å². The lowest BCUT2D eigenvalue weighted by Crippen LogP contribution is -2.02. The Kier molecular flexibility index (Phi) is 6.92. The van der Waals surface area contributed by atoms with Crippen molar-refractivity contribution in [3.05, 3.63) is 175 Å². The molecule has 0 spiro atoms. The van der Waals surface area contributed by atoms with Crippen LogP contribution in [-0.2, 0) is 0 Å². The number of fused-ring (bicyclic) bond motifs is 7. The van der Waals surface area contributed by atoms with E-state index < -0.39 is 0 Å². The van der Waals surface area contributed by atoms with Crippen molar-refractivity contribution >= 4 is 54.6 Å². The Morgan fingerprint density at radius 3 is 1.96 bits per heavy atom. The van der Waals surface area contributed by atoms with Gasteiger partial charge in [0, 0.05) is 38.6 Å². The zero-order valence-electron chi connectivity index (χ0n) is 29.1. The van der Waals surface area contributed by atoms with Crippen LogP contribution < -0.4 is 0 Å². The van der Waals surface area contributed by atoms with E-state index in [9.17, 15) is 0 Å². The molecule has 1 atom stereocenters. The van der Waals surface area contributed by atoms with E-state index >= 15 is 0 Å². The Morgan fingerprint density at radius 2 is 1.15 bits per heavy atom. The molecule has 7 aromatic carbocycles. The summed E-state index contributed by atoms with van der Waals surface area (Å²) in [5.74, 6) is 1.92. The van der Waals surface area contributed by atoms with Crippen molar-refractivity contribution < 1.29 is 8.83 Å². The van der Waals surface area contributed by atoms with Gasteiger partial charge in [-0.05, 0) is 76.3 Å². The third-order valence-corrected chi connectivity index (χ3v) is 10.6. The number of aromatic nitrogens is 3. The minimum atomic E-state index is 0.206. The molecule has 11 rings (SSSR count). The molecule has 0 saturated carbocycles. The summed E-state index contributed by atoms with van der Waals surface area (Å²) in [6.45, 7) is 0. The summed E-state index contributed by atoms with van der Waals surface area (Å²) in [4.78, 5) is 15.8. The number of rotatable bonds is 5. The zero-order valence-corrected chi connectivity index (χ0v) is 29.1. The molecule has 5 heteroatoms. The second-order valence-corrected chi connectivity index (χ2v) is 13.9. The maximum Gasteiger partial charge on any atom is 0.167 e. The van der Waals surface area contributed by atoms with Crippen LogP contribution in [0.1, 0.15) is 17.9 Å². The van der Waals surface area contributed by atoms with E-state index in [-0.39, 0.29) is 5.92 Å². The third kappa shape index (κ3) is 5.05. The maximum absolute atomic E-state index is 6.53. The lowest BCUT2D eigenvalue weighted by molar-refractivity contribution is 0.667. The molecule has 0 saturated heterocycles. The van der Waals surface area contributed by atoms with Crippen LogP contribution >= 0.6 is 0 Å². The molecule has 0 bridgehead atoms. The molecule has 0 radical (unpaired) electrons. The van der Waals surface area contributed by atoms with E-state index in [1.807, 2.05) is 42.5 Å². The van der Waals surface area contributed by atoms with Gasteiger partial charge in [-0.15, -0.1) is 0 Å². The number of hydrogen-bond acceptors (Lipinski definition) is 5. The molecular weight excluding hydrogens is 663 g/mol. The standard InChI is InChI=1S/C49H31N3O2/c1-3-12-30(13-4-1)32-22-23-34-27-35(25-24-33(34)26-32)47-50-48(40-19-11-18-38-37-16-7-9-20-42(37)54-46(38)40)52-49(51-47)41-28-36(31-14-5-2-6-15-31)29-44-45(41)39-17-8-10-21-43(39)53-44/h1-14,16-29,31H,15H2. The molecule has 54 heavy (non-hydrogen) atoms. The highest BCUT2D eigenvalue weighted by atomic mass is 16.3. The van der Waals surface area contributed by atoms with E-state index in [1.165, 1.54) is 11.1 Å². The van der Waals surface area contributed by atoms with Gasteiger partial charge in [-0.25, -0.2) is 15.0 Å². The molecule has 0 aliphatic heterocycles. The second kappa shape index (κ2) is 12.2. The molecule has 0 fully saturated rings. The van der Waals surface area contributed by atoms with Gasteiger partial charge < -0.3 is 8.83 Å². The molecular formula is C49H31N3O2. The first-order valence-electron chi connectivity index (χ1n) is 18.3. The van der Waals surface area contributed by atoms with E-state index in [0.29, 0.717) is 17.5 Å². The van der Waals surface area contributed by atoms with Crippen LogP contribution in [0.4, 0.5) is 0 Å². The summed E-state index contributed by atoms with van der Waals surface area (Å²) in [7, 11) is 0. The smallest absolute Gasteiger partial charge is 0.167 e. The summed E-state index contributed by atoms with van der Waals surface area (Å²) in [5.41, 5.74) is 9.37. The summed E-state index contributed by atoms with van der Waals surface area (Å²) in [6.07, 6.45) is 9.59. The van der Waals surface area contributed by atoms with Crippen LogP contribution in [0.25, 0.3) is 99.9 Å². The zero-order chi connectivity index (χ0) is 35.6. The normalized spacial score (nSPS) is 14.3. The van der Waals surface area contributed by atoms with Gasteiger partial charge in [-0.2, -0.15) is 0 Å². The van der Waals surface area contributed by atoms with Crippen molar-refractivity contribution in [1.29, 1.82) is 0 Å². The number of benzene rings is 7. The molecule has 3 aromatic heterocycles. The average molecular weight is 694 g/mol. The SMILES string of the molecule is C1=CCC(c2cc(-c3nc(-c4ccc5cc(-c6ccccc6)ccc5c4)nc(-c4cccc5c4oc4ccccc45)n3)c3c(c2)oc2ccccc23)C=C1. The fraction of sp³-hybridized carbons (Fsp3) is 0.0408. The minimum Gasteiger partial charge on any atom is -0.456 e. The van der Waals surface area contributed by atoms with Gasteiger partial charge in [0.15, 0.2) is 17.5 Å². The highest BCUT2D eigenvalue weighted by Crippen LogP contribution is 2.41. The number of hydrogen-bond donors (Lipinski definition) is 0. The van der Waals surface area contributed by atoms with Crippen molar-refractivity contribution in [3.8, 4) is 45.3 Å². The highest BCUT2D eigenvalue weighted by molar-refractivity contribution is 6.12. The number of allylic oxidation sites excluding steroid dienone is 4. The molecule has 0 amide bonds. The predicted molar refractivity (Wildman–Crippen MR) is 219 cm³/mol. The van der Waals surface area contributed by atoms with Crippen LogP contribution in [0.15, 0.2) is 179 Å². The quantitative estimate of drug-likeness (QED) is 0.179. The summed E-state index contributed by atoms with van der Waals surface area (Å²) >= 11 is 0. The molecule has 1 unspecified atom stereocenters. The van der Waals surface area contributed by atoms with Crippen molar-refractivity contribution in [2.75, 3.05) is 0 Å². The van der Waals surface area contributed by atoms with Gasteiger partial charge in [-0.1, -0.05) is 127 Å². The topological polar surface area (TPSA) is 65.0 Å². The van der Waals surface area contributed by atoms with Gasteiger partial charge in [0.1, 0.15) is 22.3 Å². The Morgan fingerprint density at radius 1 is 0.463 bits per heavy atom. The Hall–Kier alpha value is -7.11. The largest absolute Gasteiger partial charge is 0.456 e. The monoisotopic (exact) mass is 693 g/mol. The van der Waals surface area contributed by atoms with Crippen LogP contribution in [0.3, 0.4) is 0 Å². The minimum absolute atomic E-state index is 0.206. The van der Waals surface area contributed by atoms with Crippen LogP contribution in [0, 0.1) is 0 Å². The highest BCUT2D eigenvalue weighted by Gasteiger charge is 2.23. The summed E-state index contributed by atoms with van der Waals surface area (Å²) < 4.78 is 13.0. The first-order chi connectivity index (χ1) is 26.7. The molecule has 3 heterocycles. The van der Waals surface area contributed by atoms with Gasteiger partial charge in [-0.3, -0.25) is 0 Å². The molecule has 254 valence electrons. The first kappa shape index (κ1) is 30.5. The lowest BCUT2D eigenvalue weighted by Gasteiger charge is -2.16. The van der Waals surface area contributed by atoms with Crippen molar-refractivity contribution in [3.63, 3.8) is 0 Å². The third-order valence-electron chi connectivity index (χ3n) is 10.6. The average Bonchev–Trinajstić information content (AvgIpc) is 3.82. The van der Waals surface area contributed by atoms with E-state index in [4.69, 9.17) is 23.8 Å². The molecule has 5 nitrogen and oxygen atoms in total. The molecule has 1 aliphatic carbocycles. The van der Waals surface area contributed by atoms with Crippen molar-refractivity contribution in [1.82, 2.24) is 15.0 Å². The fourth-order valence-electron chi connectivity index (χ4n) is 7.96. The van der Waals surface area contributed by atoms with Gasteiger partial charge in [0.25, 0.3) is 0 Å². The van der Waals surface area contributed by atoms with Gasteiger partial charge in [0.2, 0.25) is 0 Å². The maximum atomic E-state index is 6.53. The van der Waals surface area contributed by atoms with Gasteiger partial charge >= 0.3 is 0 Å². The number of nitrogens with zero attached hydrogens (tertiary/aromatic N) is 3. The Bertz CT molecular complexity index is 3150. The fourth-order valence-corrected chi connectivity index (χ4v) is 7.96. The van der Waals surface area contributed by atoms with Crippen molar-refractivity contribution in [2.45, 2.75) is 12.3 Å². The van der Waals surface area contributed by atoms with Crippen LogP contribution in [0.5, 0.6) is 0 Å².